The van der Waals surface area contributed by atoms with E-state index in [0.29, 0.717) is 25.0 Å². The summed E-state index contributed by atoms with van der Waals surface area (Å²) in [5, 5.41) is 0. The molecule has 3 aliphatic carbocycles. The molecule has 0 amide bonds. The highest BCUT2D eigenvalue weighted by Crippen LogP contribution is 2.42. The molecule has 0 bridgehead atoms. The number of allylic oxidation sites excluding steroid dienone is 1. The molecule has 1 aromatic carbocycles. The quantitative estimate of drug-likeness (QED) is 0.186. The third kappa shape index (κ3) is 8.46. The van der Waals surface area contributed by atoms with Crippen molar-refractivity contribution < 1.29 is 18.3 Å². The third-order valence-corrected chi connectivity index (χ3v) is 9.83. The Kier molecular flexibility index (Phi) is 11.8. The topological polar surface area (TPSA) is 18.5 Å². The Morgan fingerprint density at radius 3 is 1.71 bits per heavy atom. The summed E-state index contributed by atoms with van der Waals surface area (Å²) in [4.78, 5) is 0. The monoisotopic (exact) mass is 530 g/mol. The van der Waals surface area contributed by atoms with E-state index in [2.05, 4.69) is 26.0 Å². The zero-order chi connectivity index (χ0) is 26.7. The summed E-state index contributed by atoms with van der Waals surface area (Å²) in [6, 6.07) is 3.06. The standard InChI is InChI=1S/C34H52F2O2/c1-3-5-6-8-26-13-17-29(18-14-26)30-19-15-28(16-20-30)24-38-32-22-21-31(33(35)34(32)36)37-23-27-11-9-25(7-4-2)10-12-27/h9,11,21-22,25-30H,3-8,10,12-20,23-24H2,1-2H3. The number of ether oxygens (including phenoxy) is 2. The lowest BCUT2D eigenvalue weighted by Gasteiger charge is -2.38. The average Bonchev–Trinajstić information content (AvgIpc) is 2.95. The van der Waals surface area contributed by atoms with Crippen LogP contribution in [-0.4, -0.2) is 13.2 Å². The van der Waals surface area contributed by atoms with Crippen molar-refractivity contribution in [2.75, 3.05) is 13.2 Å². The van der Waals surface area contributed by atoms with Gasteiger partial charge in [0.1, 0.15) is 0 Å². The first-order valence-electron chi connectivity index (χ1n) is 16.0. The molecule has 2 saturated carbocycles. The fourth-order valence-electron chi connectivity index (χ4n) is 7.28. The van der Waals surface area contributed by atoms with Crippen LogP contribution in [0.15, 0.2) is 24.3 Å². The van der Waals surface area contributed by atoms with Gasteiger partial charge < -0.3 is 9.47 Å². The van der Waals surface area contributed by atoms with Gasteiger partial charge in [-0.05, 0) is 99.5 Å². The molecule has 0 saturated heterocycles. The van der Waals surface area contributed by atoms with Crippen LogP contribution in [0.3, 0.4) is 0 Å². The van der Waals surface area contributed by atoms with Gasteiger partial charge in [-0.1, -0.05) is 70.9 Å². The SMILES string of the molecule is CCCCCC1CCC(C2CCC(COc3ccc(OCC4C=CC(CCC)CC4)c(F)c3F)CC2)CC1. The number of hydrogen-bond donors (Lipinski definition) is 0. The second kappa shape index (κ2) is 15.3. The first-order valence-corrected chi connectivity index (χ1v) is 16.0. The van der Waals surface area contributed by atoms with E-state index < -0.39 is 11.6 Å². The minimum atomic E-state index is -0.930. The van der Waals surface area contributed by atoms with Crippen LogP contribution in [0, 0.1) is 47.1 Å². The molecule has 0 spiro atoms. The Balaban J connectivity index is 1.16. The van der Waals surface area contributed by atoms with Gasteiger partial charge in [-0.3, -0.25) is 0 Å². The second-order valence-electron chi connectivity index (χ2n) is 12.6. The lowest BCUT2D eigenvalue weighted by atomic mass is 9.69. The molecule has 1 aromatic rings. The maximum Gasteiger partial charge on any atom is 0.204 e. The van der Waals surface area contributed by atoms with Crippen LogP contribution in [0.2, 0.25) is 0 Å². The van der Waals surface area contributed by atoms with Crippen molar-refractivity contribution in [2.24, 2.45) is 35.5 Å². The number of unbranched alkanes of at least 4 members (excludes halogenated alkanes) is 2. The van der Waals surface area contributed by atoms with Crippen LogP contribution in [0.5, 0.6) is 11.5 Å². The van der Waals surface area contributed by atoms with Gasteiger partial charge in [-0.2, -0.15) is 8.78 Å². The lowest BCUT2D eigenvalue weighted by molar-refractivity contribution is 0.120. The van der Waals surface area contributed by atoms with Crippen molar-refractivity contribution in [3.63, 3.8) is 0 Å². The zero-order valence-electron chi connectivity index (χ0n) is 24.1. The van der Waals surface area contributed by atoms with E-state index in [9.17, 15) is 8.78 Å². The molecule has 0 aromatic heterocycles. The molecule has 3 aliphatic rings. The van der Waals surface area contributed by atoms with Gasteiger partial charge in [0, 0.05) is 5.92 Å². The van der Waals surface area contributed by atoms with E-state index in [1.54, 1.807) is 0 Å². The van der Waals surface area contributed by atoms with Crippen molar-refractivity contribution in [3.8, 4) is 11.5 Å². The van der Waals surface area contributed by atoms with Crippen molar-refractivity contribution in [3.05, 3.63) is 35.9 Å². The van der Waals surface area contributed by atoms with Crippen molar-refractivity contribution >= 4 is 0 Å². The predicted octanol–water partition coefficient (Wildman–Crippen LogP) is 10.3. The normalized spacial score (nSPS) is 29.8. The van der Waals surface area contributed by atoms with Crippen molar-refractivity contribution in [1.82, 2.24) is 0 Å². The number of rotatable bonds is 13. The largest absolute Gasteiger partial charge is 0.490 e. The molecule has 2 nitrogen and oxygen atoms in total. The summed E-state index contributed by atoms with van der Waals surface area (Å²) in [6.07, 6.45) is 25.1. The van der Waals surface area contributed by atoms with E-state index in [0.717, 1.165) is 43.4 Å². The predicted molar refractivity (Wildman–Crippen MR) is 153 cm³/mol. The molecule has 0 heterocycles. The Bertz CT molecular complexity index is 852. The van der Waals surface area contributed by atoms with E-state index >= 15 is 0 Å². The first kappa shape index (κ1) is 29.4. The van der Waals surface area contributed by atoms with Crippen LogP contribution in [0.25, 0.3) is 0 Å². The number of benzene rings is 1. The van der Waals surface area contributed by atoms with Gasteiger partial charge in [-0.25, -0.2) is 0 Å². The molecule has 214 valence electrons. The molecule has 2 unspecified atom stereocenters. The Labute approximate surface area is 231 Å². The van der Waals surface area contributed by atoms with Crippen molar-refractivity contribution in [2.45, 2.75) is 117 Å². The van der Waals surface area contributed by atoms with Gasteiger partial charge >= 0.3 is 0 Å². The van der Waals surface area contributed by atoms with E-state index in [1.165, 1.54) is 89.2 Å². The van der Waals surface area contributed by atoms with Crippen LogP contribution in [0.1, 0.15) is 117 Å². The van der Waals surface area contributed by atoms with Gasteiger partial charge in [-0.15, -0.1) is 0 Å². The smallest absolute Gasteiger partial charge is 0.204 e. The minimum Gasteiger partial charge on any atom is -0.490 e. The summed E-state index contributed by atoms with van der Waals surface area (Å²) in [6.45, 7) is 5.35. The third-order valence-electron chi connectivity index (χ3n) is 9.83. The summed E-state index contributed by atoms with van der Waals surface area (Å²) >= 11 is 0. The molecule has 0 radical (unpaired) electrons. The number of hydrogen-bond acceptors (Lipinski definition) is 2. The van der Waals surface area contributed by atoms with Crippen LogP contribution in [-0.2, 0) is 0 Å². The Hall–Kier alpha value is -1.58. The highest BCUT2D eigenvalue weighted by Gasteiger charge is 2.31. The zero-order valence-corrected chi connectivity index (χ0v) is 24.1. The summed E-state index contributed by atoms with van der Waals surface area (Å²) < 4.78 is 41.0. The summed E-state index contributed by atoms with van der Waals surface area (Å²) in [5.41, 5.74) is 0. The fourth-order valence-corrected chi connectivity index (χ4v) is 7.28. The van der Waals surface area contributed by atoms with E-state index in [4.69, 9.17) is 9.47 Å². The van der Waals surface area contributed by atoms with Crippen LogP contribution in [0.4, 0.5) is 8.78 Å². The molecule has 4 rings (SSSR count). The van der Waals surface area contributed by atoms with Gasteiger partial charge in [0.05, 0.1) is 13.2 Å². The molecule has 0 N–H and O–H groups in total. The maximum absolute atomic E-state index is 14.8. The molecular formula is C34H52F2O2. The second-order valence-corrected chi connectivity index (χ2v) is 12.6. The highest BCUT2D eigenvalue weighted by atomic mass is 19.2. The molecular weight excluding hydrogens is 478 g/mol. The van der Waals surface area contributed by atoms with Gasteiger partial charge in [0.15, 0.2) is 11.5 Å². The van der Waals surface area contributed by atoms with E-state index in [1.807, 2.05) is 0 Å². The lowest BCUT2D eigenvalue weighted by Crippen LogP contribution is -2.27. The minimum absolute atomic E-state index is 0.0124. The Morgan fingerprint density at radius 1 is 0.605 bits per heavy atom. The molecule has 0 aliphatic heterocycles. The summed E-state index contributed by atoms with van der Waals surface area (Å²) in [5.74, 6) is 2.22. The summed E-state index contributed by atoms with van der Waals surface area (Å²) in [7, 11) is 0. The van der Waals surface area contributed by atoms with Crippen LogP contribution >= 0.6 is 0 Å². The maximum atomic E-state index is 14.8. The molecule has 38 heavy (non-hydrogen) atoms. The van der Waals surface area contributed by atoms with Gasteiger partial charge in [0.25, 0.3) is 0 Å². The van der Waals surface area contributed by atoms with Gasteiger partial charge in [0.2, 0.25) is 11.6 Å². The molecule has 2 fully saturated rings. The van der Waals surface area contributed by atoms with E-state index in [-0.39, 0.29) is 17.4 Å². The van der Waals surface area contributed by atoms with Crippen molar-refractivity contribution in [1.29, 1.82) is 0 Å². The molecule has 4 heteroatoms. The first-order chi connectivity index (χ1) is 18.6. The average molecular weight is 531 g/mol. The molecule has 2 atom stereocenters. The Morgan fingerprint density at radius 2 is 1.16 bits per heavy atom. The fraction of sp³-hybridized carbons (Fsp3) is 0.765. The van der Waals surface area contributed by atoms with Crippen LogP contribution < -0.4 is 9.47 Å². The highest BCUT2D eigenvalue weighted by molar-refractivity contribution is 5.35. The number of halogens is 2.